The average Bonchev–Trinajstić information content (AvgIpc) is 2.97. The Bertz CT molecular complexity index is 1150. The molecule has 2 aromatic rings. The number of amides is 2. The molecule has 0 atom stereocenters. The van der Waals surface area contributed by atoms with E-state index in [9.17, 15) is 19.2 Å². The maximum Gasteiger partial charge on any atom is 0.269 e. The number of ketones is 1. The minimum Gasteiger partial charge on any atom is -0.355 e. The summed E-state index contributed by atoms with van der Waals surface area (Å²) in [5.74, 6) is -0.545. The Morgan fingerprint density at radius 1 is 1.12 bits per heavy atom. The van der Waals surface area contributed by atoms with Gasteiger partial charge in [0, 0.05) is 30.6 Å². The van der Waals surface area contributed by atoms with Gasteiger partial charge >= 0.3 is 0 Å². The molecule has 0 spiro atoms. The normalized spacial score (nSPS) is 12.7. The van der Waals surface area contributed by atoms with Crippen molar-refractivity contribution < 1.29 is 14.4 Å². The first-order chi connectivity index (χ1) is 15.0. The number of anilines is 1. The Morgan fingerprint density at radius 2 is 1.78 bits per heavy atom. The van der Waals surface area contributed by atoms with E-state index < -0.39 is 5.41 Å². The van der Waals surface area contributed by atoms with Crippen molar-refractivity contribution in [2.75, 3.05) is 11.9 Å². The highest BCUT2D eigenvalue weighted by atomic mass is 32.1. The van der Waals surface area contributed by atoms with Crippen molar-refractivity contribution in [3.8, 4) is 0 Å². The number of rotatable bonds is 8. The van der Waals surface area contributed by atoms with Gasteiger partial charge in [-0.25, -0.2) is 0 Å². The molecule has 0 saturated carbocycles. The van der Waals surface area contributed by atoms with Crippen LogP contribution in [0.2, 0.25) is 0 Å². The molecule has 0 bridgehead atoms. The molecule has 0 saturated heterocycles. The van der Waals surface area contributed by atoms with Gasteiger partial charge in [0.25, 0.3) is 5.56 Å². The van der Waals surface area contributed by atoms with Crippen LogP contribution in [-0.2, 0) is 20.9 Å². The van der Waals surface area contributed by atoms with Crippen LogP contribution in [-0.4, -0.2) is 28.7 Å². The van der Waals surface area contributed by atoms with E-state index in [2.05, 4.69) is 10.6 Å². The van der Waals surface area contributed by atoms with Crippen LogP contribution in [0.5, 0.6) is 0 Å². The standard InChI is InChI=1S/C24H31N3O4S/c1-6-7-12-25-21(30)15-27-22(14-20(29)24(3,4)5)32-19(23(27)31)13-17-8-10-18(11-9-17)26-16(2)28/h8-11,13-14H,6-7,12,15H2,1-5H3,(H,25,30)(H,26,28)/b19-13-,22-14+. The molecule has 1 heterocycles. The number of nitrogens with one attached hydrogen (secondary N) is 2. The summed E-state index contributed by atoms with van der Waals surface area (Å²) in [6.07, 6.45) is 4.98. The highest BCUT2D eigenvalue weighted by molar-refractivity contribution is 7.07. The van der Waals surface area contributed by atoms with Gasteiger partial charge in [0.2, 0.25) is 11.8 Å². The highest BCUT2D eigenvalue weighted by Gasteiger charge is 2.20. The first kappa shape index (κ1) is 25.3. The molecular weight excluding hydrogens is 426 g/mol. The van der Waals surface area contributed by atoms with E-state index in [0.29, 0.717) is 21.4 Å². The SMILES string of the molecule is CCCCNC(=O)Cn1c(=O)/c(=C/c2ccc(NC(C)=O)cc2)s/c1=C/C(=O)C(C)(C)C. The van der Waals surface area contributed by atoms with Gasteiger partial charge in [0.15, 0.2) is 5.78 Å². The Balaban J connectivity index is 2.48. The molecule has 0 aliphatic heterocycles. The summed E-state index contributed by atoms with van der Waals surface area (Å²) in [6.45, 7) is 9.30. The molecule has 1 aromatic carbocycles. The summed E-state index contributed by atoms with van der Waals surface area (Å²) < 4.78 is 2.22. The number of carbonyl (C=O) groups is 3. The first-order valence-corrected chi connectivity index (χ1v) is 11.4. The molecule has 172 valence electrons. The number of carbonyl (C=O) groups excluding carboxylic acids is 3. The molecule has 0 aliphatic carbocycles. The smallest absolute Gasteiger partial charge is 0.269 e. The van der Waals surface area contributed by atoms with Crippen molar-refractivity contribution in [2.45, 2.75) is 54.0 Å². The van der Waals surface area contributed by atoms with E-state index >= 15 is 0 Å². The lowest BCUT2D eigenvalue weighted by atomic mass is 9.91. The van der Waals surface area contributed by atoms with Crippen LogP contribution < -0.4 is 25.4 Å². The second kappa shape index (κ2) is 11.0. The molecule has 2 N–H and O–H groups in total. The first-order valence-electron chi connectivity index (χ1n) is 10.6. The van der Waals surface area contributed by atoms with Gasteiger partial charge in [-0.15, -0.1) is 11.3 Å². The molecule has 2 rings (SSSR count). The third-order valence-electron chi connectivity index (χ3n) is 4.61. The summed E-state index contributed by atoms with van der Waals surface area (Å²) >= 11 is 1.18. The fourth-order valence-electron chi connectivity index (χ4n) is 2.74. The summed E-state index contributed by atoms with van der Waals surface area (Å²) in [4.78, 5) is 49.2. The van der Waals surface area contributed by atoms with Crippen LogP contribution in [0, 0.1) is 5.41 Å². The minimum absolute atomic E-state index is 0.120. The van der Waals surface area contributed by atoms with Crippen molar-refractivity contribution in [1.82, 2.24) is 9.88 Å². The molecule has 7 nitrogen and oxygen atoms in total. The summed E-state index contributed by atoms with van der Waals surface area (Å²) in [5.41, 5.74) is 0.509. The number of hydrogen-bond donors (Lipinski definition) is 2. The fraction of sp³-hybridized carbons (Fsp3) is 0.417. The third-order valence-corrected chi connectivity index (χ3v) is 5.67. The molecule has 1 aromatic heterocycles. The number of unbranched alkanes of at least 4 members (excludes halogenated alkanes) is 1. The predicted molar refractivity (Wildman–Crippen MR) is 129 cm³/mol. The second-order valence-electron chi connectivity index (χ2n) is 8.61. The number of Topliss-reactive ketones (excluding diaryl/α,β-unsaturated/α-hetero) is 1. The van der Waals surface area contributed by atoms with Gasteiger partial charge in [-0.3, -0.25) is 23.7 Å². The molecule has 8 heteroatoms. The summed E-state index contributed by atoms with van der Waals surface area (Å²) in [6, 6.07) is 7.07. The third kappa shape index (κ3) is 7.30. The molecule has 32 heavy (non-hydrogen) atoms. The number of hydrogen-bond acceptors (Lipinski definition) is 5. The zero-order chi connectivity index (χ0) is 23.9. The number of nitrogens with zero attached hydrogens (tertiary/aromatic N) is 1. The van der Waals surface area contributed by atoms with Gasteiger partial charge in [-0.05, 0) is 30.2 Å². The van der Waals surface area contributed by atoms with Crippen LogP contribution in [0.15, 0.2) is 29.1 Å². The van der Waals surface area contributed by atoms with E-state index in [0.717, 1.165) is 18.4 Å². The fourth-order valence-corrected chi connectivity index (χ4v) is 3.78. The monoisotopic (exact) mass is 457 g/mol. The molecule has 0 radical (unpaired) electrons. The van der Waals surface area contributed by atoms with Gasteiger partial charge in [-0.2, -0.15) is 0 Å². The van der Waals surface area contributed by atoms with Gasteiger partial charge in [0.05, 0.1) is 4.53 Å². The van der Waals surface area contributed by atoms with E-state index in [-0.39, 0.29) is 29.7 Å². The van der Waals surface area contributed by atoms with Crippen molar-refractivity contribution in [1.29, 1.82) is 0 Å². The number of aromatic nitrogens is 1. The van der Waals surface area contributed by atoms with E-state index in [4.69, 9.17) is 0 Å². The molecule has 0 aliphatic rings. The van der Waals surface area contributed by atoms with Crippen molar-refractivity contribution in [3.05, 3.63) is 49.4 Å². The Hall–Kier alpha value is -3.00. The average molecular weight is 458 g/mol. The second-order valence-corrected chi connectivity index (χ2v) is 9.67. The van der Waals surface area contributed by atoms with Crippen LogP contribution >= 0.6 is 11.3 Å². The van der Waals surface area contributed by atoms with Gasteiger partial charge in [-0.1, -0.05) is 46.2 Å². The topological polar surface area (TPSA) is 97.3 Å². The highest BCUT2D eigenvalue weighted by Crippen LogP contribution is 2.15. The largest absolute Gasteiger partial charge is 0.355 e. The lowest BCUT2D eigenvalue weighted by Gasteiger charge is -2.13. The van der Waals surface area contributed by atoms with Crippen LogP contribution in [0.1, 0.15) is 53.0 Å². The summed E-state index contributed by atoms with van der Waals surface area (Å²) in [7, 11) is 0. The molecule has 0 unspecified atom stereocenters. The molecular formula is C24H31N3O4S. The van der Waals surface area contributed by atoms with Crippen LogP contribution in [0.4, 0.5) is 5.69 Å². The predicted octanol–water partition coefficient (Wildman–Crippen LogP) is 2.01. The maximum absolute atomic E-state index is 13.1. The van der Waals surface area contributed by atoms with Crippen molar-refractivity contribution >= 4 is 46.8 Å². The zero-order valence-corrected chi connectivity index (χ0v) is 20.1. The van der Waals surface area contributed by atoms with Crippen LogP contribution in [0.25, 0.3) is 12.2 Å². The van der Waals surface area contributed by atoms with E-state index in [1.807, 2.05) is 27.7 Å². The van der Waals surface area contributed by atoms with E-state index in [1.165, 1.54) is 28.9 Å². The zero-order valence-electron chi connectivity index (χ0n) is 19.3. The lowest BCUT2D eigenvalue weighted by molar-refractivity contribution is -0.122. The van der Waals surface area contributed by atoms with Crippen LogP contribution in [0.3, 0.4) is 0 Å². The van der Waals surface area contributed by atoms with Crippen molar-refractivity contribution in [3.63, 3.8) is 0 Å². The molecule has 0 fully saturated rings. The Labute approximate surface area is 191 Å². The van der Waals surface area contributed by atoms with Gasteiger partial charge < -0.3 is 10.6 Å². The van der Waals surface area contributed by atoms with Crippen molar-refractivity contribution in [2.24, 2.45) is 5.41 Å². The Morgan fingerprint density at radius 3 is 2.34 bits per heavy atom. The molecule has 2 amide bonds. The Kier molecular flexibility index (Phi) is 8.72. The maximum atomic E-state index is 13.1. The van der Waals surface area contributed by atoms with E-state index in [1.54, 1.807) is 30.3 Å². The number of thiazole rings is 1. The van der Waals surface area contributed by atoms with Gasteiger partial charge in [0.1, 0.15) is 11.2 Å². The summed E-state index contributed by atoms with van der Waals surface area (Å²) in [5, 5.41) is 5.51. The number of benzene rings is 1. The quantitative estimate of drug-likeness (QED) is 0.593. The lowest BCUT2D eigenvalue weighted by Crippen LogP contribution is -2.38. The minimum atomic E-state index is -0.600.